The lowest BCUT2D eigenvalue weighted by Gasteiger charge is -2.33. The van der Waals surface area contributed by atoms with Crippen molar-refractivity contribution in [2.24, 2.45) is 5.92 Å². The molecule has 0 bridgehead atoms. The fraction of sp³-hybridized carbons (Fsp3) is 0.529. The Balaban J connectivity index is 2.15. The molecular formula is C17H24N2O3. The first-order valence-electron chi connectivity index (χ1n) is 7.75. The summed E-state index contributed by atoms with van der Waals surface area (Å²) in [6.07, 6.45) is 1.81. The second-order valence-electron chi connectivity index (χ2n) is 5.68. The molecule has 0 aromatic heterocycles. The van der Waals surface area contributed by atoms with E-state index in [2.05, 4.69) is 4.90 Å². The lowest BCUT2D eigenvalue weighted by molar-refractivity contribution is -0.145. The average molecular weight is 304 g/mol. The molecule has 120 valence electrons. The van der Waals surface area contributed by atoms with Crippen LogP contribution in [0.2, 0.25) is 0 Å². The summed E-state index contributed by atoms with van der Waals surface area (Å²) in [5, 5.41) is 0. The van der Waals surface area contributed by atoms with Crippen molar-refractivity contribution in [1.82, 2.24) is 4.90 Å². The molecule has 0 spiro atoms. The average Bonchev–Trinajstić information content (AvgIpc) is 2.59. The van der Waals surface area contributed by atoms with Gasteiger partial charge in [-0.2, -0.15) is 0 Å². The van der Waals surface area contributed by atoms with Gasteiger partial charge in [-0.05, 0) is 38.0 Å². The fourth-order valence-electron chi connectivity index (χ4n) is 2.77. The Bertz CT molecular complexity index is 544. The largest absolute Gasteiger partial charge is 0.469 e. The van der Waals surface area contributed by atoms with Crippen LogP contribution < -0.4 is 4.90 Å². The number of hydrogen-bond donors (Lipinski definition) is 0. The lowest BCUT2D eigenvalue weighted by atomic mass is 9.97. The summed E-state index contributed by atoms with van der Waals surface area (Å²) in [4.78, 5) is 27.8. The van der Waals surface area contributed by atoms with Crippen LogP contribution >= 0.6 is 0 Å². The summed E-state index contributed by atoms with van der Waals surface area (Å²) in [7, 11) is 3.23. The highest BCUT2D eigenvalue weighted by Gasteiger charge is 2.26. The summed E-state index contributed by atoms with van der Waals surface area (Å²) < 4.78 is 4.86. The molecule has 1 atom stereocenters. The highest BCUT2D eigenvalue weighted by molar-refractivity contribution is 5.95. The van der Waals surface area contributed by atoms with Gasteiger partial charge in [-0.1, -0.05) is 6.07 Å². The van der Waals surface area contributed by atoms with Crippen molar-refractivity contribution in [1.29, 1.82) is 0 Å². The zero-order valence-corrected chi connectivity index (χ0v) is 13.5. The van der Waals surface area contributed by atoms with Crippen molar-refractivity contribution in [2.45, 2.75) is 19.8 Å². The molecule has 22 heavy (non-hydrogen) atoms. The number of carbonyl (C=O) groups excluding carboxylic acids is 2. The maximum Gasteiger partial charge on any atom is 0.310 e. The van der Waals surface area contributed by atoms with E-state index < -0.39 is 0 Å². The van der Waals surface area contributed by atoms with Crippen molar-refractivity contribution in [2.75, 3.05) is 38.7 Å². The van der Waals surface area contributed by atoms with Crippen LogP contribution in [0.15, 0.2) is 24.3 Å². The molecular weight excluding hydrogens is 280 g/mol. The van der Waals surface area contributed by atoms with Gasteiger partial charge in [0.15, 0.2) is 0 Å². The van der Waals surface area contributed by atoms with Crippen molar-refractivity contribution in [3.8, 4) is 0 Å². The first kappa shape index (κ1) is 16.3. The molecule has 1 aromatic carbocycles. The maximum atomic E-state index is 12.3. The maximum absolute atomic E-state index is 12.3. The summed E-state index contributed by atoms with van der Waals surface area (Å²) in [6, 6.07) is 7.63. The third-order valence-electron chi connectivity index (χ3n) is 4.24. The number of ether oxygens (including phenoxy) is 1. The van der Waals surface area contributed by atoms with Crippen molar-refractivity contribution in [3.63, 3.8) is 0 Å². The molecule has 5 heteroatoms. The molecule has 5 nitrogen and oxygen atoms in total. The van der Waals surface area contributed by atoms with Crippen LogP contribution in [0.25, 0.3) is 0 Å². The minimum atomic E-state index is -0.150. The van der Waals surface area contributed by atoms with E-state index in [1.54, 1.807) is 11.9 Å². The predicted octanol–water partition coefficient (Wildman–Crippen LogP) is 2.17. The number of amides is 1. The number of carbonyl (C=O) groups is 2. The van der Waals surface area contributed by atoms with Crippen LogP contribution in [-0.4, -0.2) is 50.6 Å². The third-order valence-corrected chi connectivity index (χ3v) is 4.24. The van der Waals surface area contributed by atoms with Crippen LogP contribution in [-0.2, 0) is 9.53 Å². The third kappa shape index (κ3) is 3.59. The van der Waals surface area contributed by atoms with Gasteiger partial charge < -0.3 is 14.5 Å². The molecule has 1 aromatic rings. The Morgan fingerprint density at radius 2 is 2.18 bits per heavy atom. The monoisotopic (exact) mass is 304 g/mol. The molecule has 0 N–H and O–H groups in total. The van der Waals surface area contributed by atoms with Gasteiger partial charge in [0.1, 0.15) is 0 Å². The van der Waals surface area contributed by atoms with Crippen LogP contribution in [0, 0.1) is 5.92 Å². The molecule has 1 amide bonds. The molecule has 1 unspecified atom stereocenters. The first-order chi connectivity index (χ1) is 10.6. The Kier molecular flexibility index (Phi) is 5.41. The molecule has 1 aliphatic heterocycles. The number of anilines is 1. The Morgan fingerprint density at radius 1 is 1.41 bits per heavy atom. The van der Waals surface area contributed by atoms with E-state index in [1.807, 2.05) is 31.2 Å². The van der Waals surface area contributed by atoms with E-state index in [4.69, 9.17) is 4.74 Å². The van der Waals surface area contributed by atoms with Gasteiger partial charge in [0, 0.05) is 37.9 Å². The summed E-state index contributed by atoms with van der Waals surface area (Å²) in [5.74, 6) is -0.218. The van der Waals surface area contributed by atoms with Crippen molar-refractivity contribution in [3.05, 3.63) is 29.8 Å². The van der Waals surface area contributed by atoms with E-state index in [-0.39, 0.29) is 17.8 Å². The SMILES string of the molecule is CCN(C)C(=O)c1cccc(N2CCCC(C(=O)OC)C2)c1. The van der Waals surface area contributed by atoms with Gasteiger partial charge in [-0.3, -0.25) is 9.59 Å². The van der Waals surface area contributed by atoms with E-state index in [0.29, 0.717) is 18.7 Å². The first-order valence-corrected chi connectivity index (χ1v) is 7.75. The standard InChI is InChI=1S/C17H24N2O3/c1-4-18(2)16(20)13-7-5-9-15(11-13)19-10-6-8-14(12-19)17(21)22-3/h5,7,9,11,14H,4,6,8,10,12H2,1-3H3. The van der Waals surface area contributed by atoms with E-state index >= 15 is 0 Å². The summed E-state index contributed by atoms with van der Waals surface area (Å²) in [6.45, 7) is 4.17. The van der Waals surface area contributed by atoms with Gasteiger partial charge >= 0.3 is 5.97 Å². The molecule has 1 saturated heterocycles. The van der Waals surface area contributed by atoms with Gasteiger partial charge in [-0.25, -0.2) is 0 Å². The van der Waals surface area contributed by atoms with Crippen molar-refractivity contribution < 1.29 is 14.3 Å². The Hall–Kier alpha value is -2.04. The van der Waals surface area contributed by atoms with E-state index in [0.717, 1.165) is 25.1 Å². The Labute approximate surface area is 131 Å². The Morgan fingerprint density at radius 3 is 2.86 bits per heavy atom. The minimum Gasteiger partial charge on any atom is -0.469 e. The highest BCUT2D eigenvalue weighted by Crippen LogP contribution is 2.25. The van der Waals surface area contributed by atoms with Crippen molar-refractivity contribution >= 4 is 17.6 Å². The summed E-state index contributed by atoms with van der Waals surface area (Å²) in [5.41, 5.74) is 1.67. The lowest BCUT2D eigenvalue weighted by Crippen LogP contribution is -2.39. The molecule has 0 saturated carbocycles. The zero-order chi connectivity index (χ0) is 16.1. The van der Waals surface area contributed by atoms with Gasteiger partial charge in [0.05, 0.1) is 13.0 Å². The molecule has 2 rings (SSSR count). The van der Waals surface area contributed by atoms with E-state index in [9.17, 15) is 9.59 Å². The smallest absolute Gasteiger partial charge is 0.310 e. The second kappa shape index (κ2) is 7.29. The minimum absolute atomic E-state index is 0.0193. The predicted molar refractivity (Wildman–Crippen MR) is 86.0 cm³/mol. The number of hydrogen-bond acceptors (Lipinski definition) is 4. The molecule has 1 aliphatic rings. The van der Waals surface area contributed by atoms with Crippen LogP contribution in [0.3, 0.4) is 0 Å². The number of nitrogens with zero attached hydrogens (tertiary/aromatic N) is 2. The number of esters is 1. The normalized spacial score (nSPS) is 18.0. The quantitative estimate of drug-likeness (QED) is 0.800. The number of benzene rings is 1. The van der Waals surface area contributed by atoms with E-state index in [1.165, 1.54) is 7.11 Å². The van der Waals surface area contributed by atoms with Crippen LogP contribution in [0.1, 0.15) is 30.1 Å². The summed E-state index contributed by atoms with van der Waals surface area (Å²) >= 11 is 0. The van der Waals surface area contributed by atoms with Crippen LogP contribution in [0.5, 0.6) is 0 Å². The van der Waals surface area contributed by atoms with Gasteiger partial charge in [0.2, 0.25) is 0 Å². The van der Waals surface area contributed by atoms with Crippen LogP contribution in [0.4, 0.5) is 5.69 Å². The topological polar surface area (TPSA) is 49.9 Å². The number of piperidine rings is 1. The van der Waals surface area contributed by atoms with Gasteiger partial charge in [0.25, 0.3) is 5.91 Å². The fourth-order valence-corrected chi connectivity index (χ4v) is 2.77. The molecule has 0 aliphatic carbocycles. The zero-order valence-electron chi connectivity index (χ0n) is 13.5. The highest BCUT2D eigenvalue weighted by atomic mass is 16.5. The molecule has 1 fully saturated rings. The molecule has 1 heterocycles. The number of rotatable bonds is 4. The molecule has 0 radical (unpaired) electrons. The second-order valence-corrected chi connectivity index (χ2v) is 5.68. The van der Waals surface area contributed by atoms with Gasteiger partial charge in [-0.15, -0.1) is 0 Å². The number of methoxy groups -OCH3 is 1.